The lowest BCUT2D eigenvalue weighted by Crippen LogP contribution is -2.33. The van der Waals surface area contributed by atoms with Crippen LogP contribution in [0.3, 0.4) is 0 Å². The van der Waals surface area contributed by atoms with Crippen molar-refractivity contribution in [2.45, 2.75) is 45.6 Å². The molecule has 0 fully saturated rings. The minimum atomic E-state index is -0.707. The number of amides is 1. The Morgan fingerprint density at radius 1 is 1.06 bits per heavy atom. The van der Waals surface area contributed by atoms with E-state index in [0.717, 1.165) is 0 Å². The molecule has 7 heteroatoms. The molecule has 1 N–H and O–H groups in total. The normalized spacial score (nSPS) is 12.4. The lowest BCUT2D eigenvalue weighted by atomic mass is 10.0. The van der Waals surface area contributed by atoms with Crippen LogP contribution in [-0.2, 0) is 23.9 Å². The van der Waals surface area contributed by atoms with E-state index in [-0.39, 0.29) is 37.7 Å². The molecule has 0 spiro atoms. The van der Waals surface area contributed by atoms with Gasteiger partial charge < -0.3 is 19.5 Å². The molecule has 0 aliphatic carbocycles. The highest BCUT2D eigenvalue weighted by atomic mass is 16.5. The SMILES string of the molecule is C=CCCC(=O)N[C@H](COC(=O)C(CC=C)CC(=O)OCC(C)C)c1ccccc1OC. The Balaban J connectivity index is 2.89. The summed E-state index contributed by atoms with van der Waals surface area (Å²) in [6, 6.07) is 6.59. The van der Waals surface area contributed by atoms with Crippen LogP contribution in [0.4, 0.5) is 0 Å². The molecular weight excluding hydrogens is 410 g/mol. The van der Waals surface area contributed by atoms with Crippen molar-refractivity contribution in [3.05, 3.63) is 55.1 Å². The van der Waals surface area contributed by atoms with Gasteiger partial charge in [-0.1, -0.05) is 44.2 Å². The van der Waals surface area contributed by atoms with E-state index in [9.17, 15) is 14.4 Å². The Bertz CT molecular complexity index is 773. The van der Waals surface area contributed by atoms with Crippen LogP contribution in [0.25, 0.3) is 0 Å². The first-order chi connectivity index (χ1) is 15.3. The third kappa shape index (κ3) is 9.81. The standard InChI is InChI=1S/C25H35NO6/c1-6-8-14-23(27)26-21(20-12-9-10-13-22(20)30-5)17-32-25(29)19(11-7-2)15-24(28)31-16-18(3)4/h6-7,9-10,12-13,18-19,21H,1-2,8,11,14-17H2,3-5H3,(H,26,27)/t19?,21-/m1/s1. The lowest BCUT2D eigenvalue weighted by Gasteiger charge is -2.22. The van der Waals surface area contributed by atoms with Gasteiger partial charge in [0.25, 0.3) is 0 Å². The van der Waals surface area contributed by atoms with Gasteiger partial charge in [-0.3, -0.25) is 14.4 Å². The monoisotopic (exact) mass is 445 g/mol. The van der Waals surface area contributed by atoms with E-state index in [1.54, 1.807) is 24.3 Å². The summed E-state index contributed by atoms with van der Waals surface area (Å²) >= 11 is 0. The van der Waals surface area contributed by atoms with Crippen molar-refractivity contribution >= 4 is 17.8 Å². The second-order valence-corrected chi connectivity index (χ2v) is 7.82. The minimum absolute atomic E-state index is 0.0947. The molecule has 0 heterocycles. The summed E-state index contributed by atoms with van der Waals surface area (Å²) in [4.78, 5) is 37.1. The smallest absolute Gasteiger partial charge is 0.309 e. The molecule has 1 aromatic carbocycles. The second kappa shape index (κ2) is 14.8. The maximum absolute atomic E-state index is 12.7. The number of carbonyl (C=O) groups excluding carboxylic acids is 3. The number of methoxy groups -OCH3 is 1. The Kier molecular flexibility index (Phi) is 12.5. The molecule has 0 saturated carbocycles. The predicted octanol–water partition coefficient (Wildman–Crippen LogP) is 4.14. The minimum Gasteiger partial charge on any atom is -0.496 e. The summed E-state index contributed by atoms with van der Waals surface area (Å²) in [5.74, 6) is -1.14. The summed E-state index contributed by atoms with van der Waals surface area (Å²) in [5, 5.41) is 2.89. The summed E-state index contributed by atoms with van der Waals surface area (Å²) in [5.41, 5.74) is 0.686. The Morgan fingerprint density at radius 3 is 2.41 bits per heavy atom. The van der Waals surface area contributed by atoms with E-state index in [1.807, 2.05) is 26.0 Å². The van der Waals surface area contributed by atoms with Crippen molar-refractivity contribution in [2.24, 2.45) is 11.8 Å². The summed E-state index contributed by atoms with van der Waals surface area (Å²) in [6.07, 6.45) is 4.21. The van der Waals surface area contributed by atoms with Gasteiger partial charge in [0.2, 0.25) is 5.91 Å². The van der Waals surface area contributed by atoms with Gasteiger partial charge >= 0.3 is 11.9 Å². The molecule has 1 rings (SSSR count). The molecule has 1 unspecified atom stereocenters. The summed E-state index contributed by atoms with van der Waals surface area (Å²) < 4.78 is 16.1. The molecule has 1 amide bonds. The van der Waals surface area contributed by atoms with E-state index in [2.05, 4.69) is 18.5 Å². The third-order valence-corrected chi connectivity index (χ3v) is 4.59. The van der Waals surface area contributed by atoms with Gasteiger partial charge in [0, 0.05) is 12.0 Å². The van der Waals surface area contributed by atoms with Crippen LogP contribution in [0.15, 0.2) is 49.6 Å². The first-order valence-corrected chi connectivity index (χ1v) is 10.8. The zero-order valence-electron chi connectivity index (χ0n) is 19.3. The topological polar surface area (TPSA) is 90.9 Å². The Labute approximate surface area is 190 Å². The van der Waals surface area contributed by atoms with Crippen LogP contribution in [-0.4, -0.2) is 38.2 Å². The van der Waals surface area contributed by atoms with Crippen molar-refractivity contribution in [1.29, 1.82) is 0 Å². The van der Waals surface area contributed by atoms with Gasteiger partial charge in [-0.2, -0.15) is 0 Å². The molecule has 7 nitrogen and oxygen atoms in total. The fourth-order valence-electron chi connectivity index (χ4n) is 2.93. The van der Waals surface area contributed by atoms with Crippen molar-refractivity contribution in [3.63, 3.8) is 0 Å². The average molecular weight is 446 g/mol. The van der Waals surface area contributed by atoms with Gasteiger partial charge in [0.15, 0.2) is 0 Å². The predicted molar refractivity (Wildman–Crippen MR) is 123 cm³/mol. The number of esters is 2. The van der Waals surface area contributed by atoms with Crippen molar-refractivity contribution in [1.82, 2.24) is 5.32 Å². The van der Waals surface area contributed by atoms with Crippen LogP contribution >= 0.6 is 0 Å². The number of rotatable bonds is 15. The first-order valence-electron chi connectivity index (χ1n) is 10.8. The van der Waals surface area contributed by atoms with Crippen LogP contribution in [0.2, 0.25) is 0 Å². The van der Waals surface area contributed by atoms with Gasteiger partial charge in [-0.15, -0.1) is 13.2 Å². The lowest BCUT2D eigenvalue weighted by molar-refractivity contribution is -0.156. The van der Waals surface area contributed by atoms with Crippen LogP contribution in [0.5, 0.6) is 5.75 Å². The van der Waals surface area contributed by atoms with Gasteiger partial charge in [-0.25, -0.2) is 0 Å². The van der Waals surface area contributed by atoms with Crippen LogP contribution < -0.4 is 10.1 Å². The number of hydrogen-bond donors (Lipinski definition) is 1. The van der Waals surface area contributed by atoms with E-state index in [4.69, 9.17) is 14.2 Å². The van der Waals surface area contributed by atoms with Crippen LogP contribution in [0, 0.1) is 11.8 Å². The molecule has 0 saturated heterocycles. The number of para-hydroxylation sites is 1. The molecule has 0 bridgehead atoms. The fraction of sp³-hybridized carbons (Fsp3) is 0.480. The van der Waals surface area contributed by atoms with Gasteiger partial charge in [0.05, 0.1) is 32.1 Å². The summed E-state index contributed by atoms with van der Waals surface area (Å²) in [6.45, 7) is 11.3. The van der Waals surface area contributed by atoms with Crippen molar-refractivity contribution in [2.75, 3.05) is 20.3 Å². The molecule has 2 atom stereocenters. The Morgan fingerprint density at radius 2 is 1.78 bits per heavy atom. The van der Waals surface area contributed by atoms with E-state index < -0.39 is 23.9 Å². The maximum atomic E-state index is 12.7. The van der Waals surface area contributed by atoms with Gasteiger partial charge in [0.1, 0.15) is 12.4 Å². The maximum Gasteiger partial charge on any atom is 0.309 e. The summed E-state index contributed by atoms with van der Waals surface area (Å²) in [7, 11) is 1.53. The second-order valence-electron chi connectivity index (χ2n) is 7.82. The molecule has 0 aromatic heterocycles. The van der Waals surface area contributed by atoms with E-state index >= 15 is 0 Å². The van der Waals surface area contributed by atoms with Gasteiger partial charge in [-0.05, 0) is 24.8 Å². The van der Waals surface area contributed by atoms with Crippen molar-refractivity contribution < 1.29 is 28.6 Å². The van der Waals surface area contributed by atoms with E-state index in [1.165, 1.54) is 7.11 Å². The fourth-order valence-corrected chi connectivity index (χ4v) is 2.93. The molecular formula is C25H35NO6. The van der Waals surface area contributed by atoms with Crippen molar-refractivity contribution in [3.8, 4) is 5.75 Å². The number of allylic oxidation sites excluding steroid dienone is 2. The molecule has 32 heavy (non-hydrogen) atoms. The molecule has 0 aliphatic rings. The quantitative estimate of drug-likeness (QED) is 0.322. The largest absolute Gasteiger partial charge is 0.496 e. The number of benzene rings is 1. The highest BCUT2D eigenvalue weighted by Crippen LogP contribution is 2.26. The zero-order valence-corrected chi connectivity index (χ0v) is 19.3. The molecule has 0 radical (unpaired) electrons. The zero-order chi connectivity index (χ0) is 23.9. The van der Waals surface area contributed by atoms with E-state index in [0.29, 0.717) is 24.3 Å². The molecule has 0 aliphatic heterocycles. The highest BCUT2D eigenvalue weighted by molar-refractivity contribution is 5.80. The Hall–Kier alpha value is -3.09. The molecule has 1 aromatic rings. The van der Waals surface area contributed by atoms with Crippen LogP contribution in [0.1, 0.15) is 51.1 Å². The number of nitrogens with one attached hydrogen (secondary N) is 1. The third-order valence-electron chi connectivity index (χ3n) is 4.59. The molecule has 176 valence electrons. The first kappa shape index (κ1) is 26.9. The highest BCUT2D eigenvalue weighted by Gasteiger charge is 2.26. The average Bonchev–Trinajstić information content (AvgIpc) is 2.78. The number of hydrogen-bond acceptors (Lipinski definition) is 6. The number of carbonyl (C=O) groups is 3. The number of ether oxygens (including phenoxy) is 3.